The molecule has 1 N–H and O–H groups in total. The highest BCUT2D eigenvalue weighted by Gasteiger charge is 2.29. The summed E-state index contributed by atoms with van der Waals surface area (Å²) in [4.78, 5) is 11.5. The van der Waals surface area contributed by atoms with E-state index in [1.807, 2.05) is 94.4 Å². The Hall–Kier alpha value is -2.62. The Bertz CT molecular complexity index is 730. The van der Waals surface area contributed by atoms with Crippen LogP contribution in [0.5, 0.6) is 5.75 Å². The molecule has 0 saturated carbocycles. The Kier molecular flexibility index (Phi) is 7.17. The van der Waals surface area contributed by atoms with Crippen LogP contribution in [0.15, 0.2) is 91.0 Å². The van der Waals surface area contributed by atoms with E-state index in [4.69, 9.17) is 14.9 Å². The van der Waals surface area contributed by atoms with E-state index in [-0.39, 0.29) is 0 Å². The third-order valence-electron chi connectivity index (χ3n) is 4.15. The Labute approximate surface area is 162 Å². The van der Waals surface area contributed by atoms with Gasteiger partial charge in [-0.1, -0.05) is 78.9 Å². The molecule has 0 amide bonds. The quantitative estimate of drug-likeness (QED) is 0.433. The minimum atomic E-state index is -0.493. The number of aromatic hydroxyl groups is 1. The summed E-state index contributed by atoms with van der Waals surface area (Å²) in [5.74, 6) is 0.322. The summed E-state index contributed by atoms with van der Waals surface area (Å²) in [6.07, 6.45) is 0. The van der Waals surface area contributed by atoms with Crippen LogP contribution in [0, 0.1) is 0 Å². The van der Waals surface area contributed by atoms with E-state index in [0.717, 1.165) is 11.1 Å². The van der Waals surface area contributed by atoms with Crippen molar-refractivity contribution >= 4 is 0 Å². The third-order valence-corrected chi connectivity index (χ3v) is 4.15. The van der Waals surface area contributed by atoms with Crippen molar-refractivity contribution in [2.24, 2.45) is 0 Å². The predicted molar refractivity (Wildman–Crippen MR) is 109 cm³/mol. The second-order valence-electron chi connectivity index (χ2n) is 7.25. The molecule has 0 unspecified atom stereocenters. The van der Waals surface area contributed by atoms with Crippen LogP contribution in [0.25, 0.3) is 0 Å². The molecule has 0 spiro atoms. The van der Waals surface area contributed by atoms with Crippen LogP contribution >= 0.6 is 0 Å². The van der Waals surface area contributed by atoms with Gasteiger partial charge >= 0.3 is 0 Å². The molecule has 0 aliphatic rings. The van der Waals surface area contributed by atoms with Gasteiger partial charge < -0.3 is 5.11 Å². The van der Waals surface area contributed by atoms with E-state index in [9.17, 15) is 0 Å². The number of phenols is 1. The summed E-state index contributed by atoms with van der Waals surface area (Å²) in [6.45, 7) is 8.01. The standard InChI is InChI=1S/C18H22O2.C6H6O/c1-17(2,15-11-7-5-8-12-15)19-20-18(3,4)16-13-9-6-10-14-16;7-6-4-2-1-3-5-6/h5-14H,1-4H3;1-5,7H. The predicted octanol–water partition coefficient (Wildman–Crippen LogP) is 6.20. The average molecular weight is 364 g/mol. The molecule has 0 aliphatic carbocycles. The largest absolute Gasteiger partial charge is 0.508 e. The van der Waals surface area contributed by atoms with Crippen LogP contribution in [0.2, 0.25) is 0 Å². The second kappa shape index (κ2) is 9.36. The van der Waals surface area contributed by atoms with Crippen LogP contribution < -0.4 is 0 Å². The lowest BCUT2D eigenvalue weighted by atomic mass is 9.98. The molecule has 0 fully saturated rings. The number of hydrogen-bond acceptors (Lipinski definition) is 3. The maximum absolute atomic E-state index is 8.63. The zero-order valence-corrected chi connectivity index (χ0v) is 16.4. The molecule has 0 bridgehead atoms. The van der Waals surface area contributed by atoms with E-state index in [0.29, 0.717) is 5.75 Å². The Morgan fingerprint density at radius 3 is 1.07 bits per heavy atom. The molecule has 3 nitrogen and oxygen atoms in total. The summed E-state index contributed by atoms with van der Waals surface area (Å²) in [6, 6.07) is 28.9. The molecule has 3 rings (SSSR count). The normalized spacial score (nSPS) is 11.4. The molecular formula is C24H28O3. The van der Waals surface area contributed by atoms with Gasteiger partial charge in [-0.2, -0.15) is 0 Å². The molecule has 0 saturated heterocycles. The molecule has 3 aromatic rings. The van der Waals surface area contributed by atoms with E-state index in [2.05, 4.69) is 0 Å². The lowest BCUT2D eigenvalue weighted by Gasteiger charge is -2.31. The van der Waals surface area contributed by atoms with Crippen molar-refractivity contribution in [1.29, 1.82) is 0 Å². The summed E-state index contributed by atoms with van der Waals surface area (Å²) in [5.41, 5.74) is 1.19. The maximum Gasteiger partial charge on any atom is 0.123 e. The minimum absolute atomic E-state index is 0.322. The number of phenolic OH excluding ortho intramolecular Hbond substituents is 1. The van der Waals surface area contributed by atoms with Crippen LogP contribution in [0.4, 0.5) is 0 Å². The lowest BCUT2D eigenvalue weighted by molar-refractivity contribution is -0.410. The topological polar surface area (TPSA) is 38.7 Å². The lowest BCUT2D eigenvalue weighted by Crippen LogP contribution is -2.29. The molecule has 0 atom stereocenters. The van der Waals surface area contributed by atoms with Crippen LogP contribution in [0.3, 0.4) is 0 Å². The van der Waals surface area contributed by atoms with Gasteiger partial charge in [-0.15, -0.1) is 0 Å². The zero-order chi connectivity index (χ0) is 19.8. The fourth-order valence-electron chi connectivity index (χ4n) is 2.41. The average Bonchev–Trinajstić information content (AvgIpc) is 2.69. The second-order valence-corrected chi connectivity index (χ2v) is 7.25. The van der Waals surface area contributed by atoms with Crippen LogP contribution in [-0.2, 0) is 21.0 Å². The first-order chi connectivity index (χ1) is 12.8. The smallest absolute Gasteiger partial charge is 0.123 e. The van der Waals surface area contributed by atoms with E-state index >= 15 is 0 Å². The van der Waals surface area contributed by atoms with Crippen molar-refractivity contribution in [1.82, 2.24) is 0 Å². The van der Waals surface area contributed by atoms with Crippen LogP contribution in [-0.4, -0.2) is 5.11 Å². The Balaban J connectivity index is 0.000000313. The highest BCUT2D eigenvalue weighted by atomic mass is 17.2. The van der Waals surface area contributed by atoms with Crippen molar-refractivity contribution in [3.05, 3.63) is 102 Å². The van der Waals surface area contributed by atoms with Crippen molar-refractivity contribution < 1.29 is 14.9 Å². The van der Waals surface area contributed by atoms with Crippen molar-refractivity contribution in [3.63, 3.8) is 0 Å². The molecule has 0 radical (unpaired) electrons. The number of benzene rings is 3. The van der Waals surface area contributed by atoms with E-state index in [1.54, 1.807) is 24.3 Å². The first-order valence-corrected chi connectivity index (χ1v) is 9.03. The molecule has 3 heteroatoms. The van der Waals surface area contributed by atoms with Gasteiger partial charge in [0, 0.05) is 0 Å². The summed E-state index contributed by atoms with van der Waals surface area (Å²) in [7, 11) is 0. The summed E-state index contributed by atoms with van der Waals surface area (Å²) in [5, 5.41) is 8.63. The fourth-order valence-corrected chi connectivity index (χ4v) is 2.41. The summed E-state index contributed by atoms with van der Waals surface area (Å²) >= 11 is 0. The molecule has 27 heavy (non-hydrogen) atoms. The number of hydrogen-bond donors (Lipinski definition) is 1. The highest BCUT2D eigenvalue weighted by Crippen LogP contribution is 2.31. The number of para-hydroxylation sites is 1. The third kappa shape index (κ3) is 6.55. The molecule has 0 heterocycles. The van der Waals surface area contributed by atoms with Crippen molar-refractivity contribution in [2.75, 3.05) is 0 Å². The van der Waals surface area contributed by atoms with Gasteiger partial charge in [-0.3, -0.25) is 0 Å². The van der Waals surface area contributed by atoms with Crippen LogP contribution in [0.1, 0.15) is 38.8 Å². The SMILES string of the molecule is CC(C)(OOC(C)(C)c1ccccc1)c1ccccc1.Oc1ccccc1. The first-order valence-electron chi connectivity index (χ1n) is 9.03. The fraction of sp³-hybridized carbons (Fsp3) is 0.250. The molecule has 3 aromatic carbocycles. The minimum Gasteiger partial charge on any atom is -0.508 e. The van der Waals surface area contributed by atoms with Gasteiger partial charge in [0.05, 0.1) is 0 Å². The maximum atomic E-state index is 8.63. The molecular weight excluding hydrogens is 336 g/mol. The van der Waals surface area contributed by atoms with E-state index in [1.165, 1.54) is 0 Å². The molecule has 0 aromatic heterocycles. The number of rotatable bonds is 5. The van der Waals surface area contributed by atoms with Gasteiger partial charge in [-0.25, -0.2) is 9.78 Å². The molecule has 0 aliphatic heterocycles. The van der Waals surface area contributed by atoms with Gasteiger partial charge in [-0.05, 0) is 51.0 Å². The van der Waals surface area contributed by atoms with Gasteiger partial charge in [0.15, 0.2) is 0 Å². The summed E-state index contributed by atoms with van der Waals surface area (Å²) < 4.78 is 0. The zero-order valence-electron chi connectivity index (χ0n) is 16.4. The van der Waals surface area contributed by atoms with Gasteiger partial charge in [0.1, 0.15) is 17.0 Å². The van der Waals surface area contributed by atoms with E-state index < -0.39 is 11.2 Å². The highest BCUT2D eigenvalue weighted by molar-refractivity contribution is 5.22. The first kappa shape index (κ1) is 20.7. The van der Waals surface area contributed by atoms with Crippen molar-refractivity contribution in [3.8, 4) is 5.75 Å². The Morgan fingerprint density at radius 2 is 0.815 bits per heavy atom. The monoisotopic (exact) mass is 364 g/mol. The van der Waals surface area contributed by atoms with Gasteiger partial charge in [0.2, 0.25) is 0 Å². The molecule has 142 valence electrons. The van der Waals surface area contributed by atoms with Crippen molar-refractivity contribution in [2.45, 2.75) is 38.9 Å². The Morgan fingerprint density at radius 1 is 0.519 bits per heavy atom. The van der Waals surface area contributed by atoms with Gasteiger partial charge in [0.25, 0.3) is 0 Å².